The smallest absolute Gasteiger partial charge is 0.269 e. The first kappa shape index (κ1) is 20.4. The first-order valence-corrected chi connectivity index (χ1v) is 10.4. The molecule has 1 aromatic heterocycles. The quantitative estimate of drug-likeness (QED) is 0.198. The third kappa shape index (κ3) is 4.99. The fourth-order valence-electron chi connectivity index (χ4n) is 3.08. The van der Waals surface area contributed by atoms with Gasteiger partial charge in [0.15, 0.2) is 0 Å². The van der Waals surface area contributed by atoms with Gasteiger partial charge in [-0.15, -0.1) is 11.8 Å². The van der Waals surface area contributed by atoms with Crippen molar-refractivity contribution < 1.29 is 9.72 Å². The van der Waals surface area contributed by atoms with E-state index in [4.69, 9.17) is 0 Å². The Morgan fingerprint density at radius 1 is 1.03 bits per heavy atom. The van der Waals surface area contributed by atoms with Crippen LogP contribution in [0.4, 0.5) is 5.69 Å². The molecule has 0 fully saturated rings. The molecule has 31 heavy (non-hydrogen) atoms. The van der Waals surface area contributed by atoms with E-state index >= 15 is 0 Å². The van der Waals surface area contributed by atoms with E-state index in [0.29, 0.717) is 0 Å². The van der Waals surface area contributed by atoms with E-state index in [1.807, 2.05) is 41.1 Å². The summed E-state index contributed by atoms with van der Waals surface area (Å²) < 4.78 is 1.99. The lowest BCUT2D eigenvalue weighted by molar-refractivity contribution is -0.384. The number of hydrazone groups is 1. The second-order valence-electron chi connectivity index (χ2n) is 6.67. The minimum absolute atomic E-state index is 0.0211. The molecule has 0 radical (unpaired) electrons. The molecule has 4 rings (SSSR count). The Morgan fingerprint density at radius 2 is 1.81 bits per heavy atom. The van der Waals surface area contributed by atoms with Crippen molar-refractivity contribution in [2.75, 3.05) is 5.75 Å². The Labute approximate surface area is 182 Å². The maximum absolute atomic E-state index is 12.1. The van der Waals surface area contributed by atoms with E-state index in [1.165, 1.54) is 29.3 Å². The standard InChI is InChI=1S/C23H18N4O3S/c28-23(16-31-22-11-9-19(10-12-22)27(29)30)25-24-15-21-6-3-13-26(21)20-8-7-17-4-1-2-5-18(17)14-20/h1-15H,16H2,(H,25,28)/b24-15+. The molecule has 0 bridgehead atoms. The number of non-ortho nitro benzene ring substituents is 1. The summed E-state index contributed by atoms with van der Waals surface area (Å²) in [6, 6.07) is 24.3. The van der Waals surface area contributed by atoms with Crippen molar-refractivity contribution in [2.45, 2.75) is 4.90 Å². The molecular weight excluding hydrogens is 412 g/mol. The molecule has 0 aliphatic rings. The number of carbonyl (C=O) groups excluding carboxylic acids is 1. The van der Waals surface area contributed by atoms with Crippen LogP contribution in [0.3, 0.4) is 0 Å². The number of rotatable bonds is 7. The van der Waals surface area contributed by atoms with Crippen LogP contribution in [0.1, 0.15) is 5.69 Å². The van der Waals surface area contributed by atoms with E-state index in [-0.39, 0.29) is 17.3 Å². The van der Waals surface area contributed by atoms with Crippen molar-refractivity contribution in [1.29, 1.82) is 0 Å². The lowest BCUT2D eigenvalue weighted by Gasteiger charge is -2.08. The topological polar surface area (TPSA) is 89.5 Å². The molecule has 0 saturated heterocycles. The number of nitrogens with one attached hydrogen (secondary N) is 1. The third-order valence-corrected chi connectivity index (χ3v) is 5.61. The Morgan fingerprint density at radius 3 is 2.58 bits per heavy atom. The second-order valence-corrected chi connectivity index (χ2v) is 7.72. The summed E-state index contributed by atoms with van der Waals surface area (Å²) >= 11 is 1.28. The van der Waals surface area contributed by atoms with Gasteiger partial charge in [0.25, 0.3) is 5.69 Å². The van der Waals surface area contributed by atoms with Crippen LogP contribution in [-0.2, 0) is 4.79 Å². The fourth-order valence-corrected chi connectivity index (χ4v) is 3.77. The number of amides is 1. The summed E-state index contributed by atoms with van der Waals surface area (Å²) in [6.45, 7) is 0. The second kappa shape index (κ2) is 9.27. The van der Waals surface area contributed by atoms with Gasteiger partial charge in [0.05, 0.1) is 22.6 Å². The Bertz CT molecular complexity index is 1270. The average molecular weight is 430 g/mol. The highest BCUT2D eigenvalue weighted by atomic mass is 32.2. The first-order valence-electron chi connectivity index (χ1n) is 9.46. The zero-order valence-corrected chi connectivity index (χ0v) is 17.2. The van der Waals surface area contributed by atoms with Gasteiger partial charge in [0.2, 0.25) is 5.91 Å². The summed E-state index contributed by atoms with van der Waals surface area (Å²) in [5.74, 6) is -0.107. The molecule has 0 unspecified atom stereocenters. The van der Waals surface area contributed by atoms with Crippen molar-refractivity contribution in [3.8, 4) is 5.69 Å². The third-order valence-electron chi connectivity index (χ3n) is 4.60. The van der Waals surface area contributed by atoms with Crippen LogP contribution in [0.5, 0.6) is 0 Å². The Balaban J connectivity index is 1.36. The number of fused-ring (bicyclic) bond motifs is 1. The molecule has 4 aromatic rings. The zero-order valence-electron chi connectivity index (χ0n) is 16.3. The minimum atomic E-state index is -0.455. The van der Waals surface area contributed by atoms with E-state index in [9.17, 15) is 14.9 Å². The summed E-state index contributed by atoms with van der Waals surface area (Å²) in [4.78, 5) is 23.1. The van der Waals surface area contributed by atoms with Crippen molar-refractivity contribution in [3.63, 3.8) is 0 Å². The van der Waals surface area contributed by atoms with E-state index in [1.54, 1.807) is 18.3 Å². The van der Waals surface area contributed by atoms with Crippen LogP contribution >= 0.6 is 11.8 Å². The van der Waals surface area contributed by atoms with E-state index in [0.717, 1.165) is 21.7 Å². The van der Waals surface area contributed by atoms with Crippen molar-refractivity contribution >= 4 is 40.3 Å². The number of thioether (sulfide) groups is 1. The molecular formula is C23H18N4O3S. The van der Waals surface area contributed by atoms with Crippen LogP contribution in [0.2, 0.25) is 0 Å². The maximum Gasteiger partial charge on any atom is 0.269 e. The molecule has 0 saturated carbocycles. The number of nitro groups is 1. The van der Waals surface area contributed by atoms with Crippen LogP contribution in [-0.4, -0.2) is 27.4 Å². The molecule has 154 valence electrons. The van der Waals surface area contributed by atoms with Crippen molar-refractivity contribution in [1.82, 2.24) is 9.99 Å². The fraction of sp³-hybridized carbons (Fsp3) is 0.0435. The number of hydrogen-bond donors (Lipinski definition) is 1. The molecule has 0 aliphatic carbocycles. The molecule has 3 aromatic carbocycles. The predicted molar refractivity (Wildman–Crippen MR) is 123 cm³/mol. The van der Waals surface area contributed by atoms with Crippen LogP contribution in [0.15, 0.2) is 95.1 Å². The SMILES string of the molecule is O=C(CSc1ccc([N+](=O)[O-])cc1)N/N=C/c1cccn1-c1ccc2ccccc2c1. The van der Waals surface area contributed by atoms with Gasteiger partial charge in [-0.25, -0.2) is 5.43 Å². The van der Waals surface area contributed by atoms with Gasteiger partial charge in [-0.05, 0) is 47.2 Å². The highest BCUT2D eigenvalue weighted by Crippen LogP contribution is 2.21. The van der Waals surface area contributed by atoms with E-state index < -0.39 is 4.92 Å². The molecule has 1 N–H and O–H groups in total. The maximum atomic E-state index is 12.1. The van der Waals surface area contributed by atoms with Gasteiger partial charge in [0, 0.05) is 28.9 Å². The lowest BCUT2D eigenvalue weighted by atomic mass is 10.1. The zero-order chi connectivity index (χ0) is 21.6. The minimum Gasteiger partial charge on any atom is -0.316 e. The molecule has 8 heteroatoms. The number of benzene rings is 3. The molecule has 7 nitrogen and oxygen atoms in total. The van der Waals surface area contributed by atoms with Gasteiger partial charge in [0.1, 0.15) is 0 Å². The molecule has 1 heterocycles. The van der Waals surface area contributed by atoms with Gasteiger partial charge in [-0.3, -0.25) is 14.9 Å². The molecule has 1 amide bonds. The molecule has 0 atom stereocenters. The highest BCUT2D eigenvalue weighted by molar-refractivity contribution is 8.00. The normalized spacial score (nSPS) is 11.1. The summed E-state index contributed by atoms with van der Waals surface area (Å²) in [6.07, 6.45) is 3.54. The molecule has 0 aliphatic heterocycles. The van der Waals surface area contributed by atoms with Gasteiger partial charge in [-0.2, -0.15) is 5.10 Å². The predicted octanol–water partition coefficient (Wildman–Crippen LogP) is 4.78. The summed E-state index contributed by atoms with van der Waals surface area (Å²) in [5.41, 5.74) is 4.38. The van der Waals surface area contributed by atoms with Crippen LogP contribution < -0.4 is 5.43 Å². The van der Waals surface area contributed by atoms with Gasteiger partial charge >= 0.3 is 0 Å². The van der Waals surface area contributed by atoms with Crippen LogP contribution in [0, 0.1) is 10.1 Å². The average Bonchev–Trinajstić information content (AvgIpc) is 3.26. The first-order chi connectivity index (χ1) is 15.1. The molecule has 0 spiro atoms. The van der Waals surface area contributed by atoms with E-state index in [2.05, 4.69) is 34.8 Å². The monoisotopic (exact) mass is 430 g/mol. The highest BCUT2D eigenvalue weighted by Gasteiger charge is 2.07. The number of carbonyl (C=O) groups is 1. The largest absolute Gasteiger partial charge is 0.316 e. The van der Waals surface area contributed by atoms with Crippen LogP contribution in [0.25, 0.3) is 16.5 Å². The number of hydrogen-bond acceptors (Lipinski definition) is 5. The summed E-state index contributed by atoms with van der Waals surface area (Å²) in [5, 5.41) is 17.1. The lowest BCUT2D eigenvalue weighted by Crippen LogP contribution is -2.19. The Kier molecular flexibility index (Phi) is 6.09. The Hall–Kier alpha value is -3.91. The summed E-state index contributed by atoms with van der Waals surface area (Å²) in [7, 11) is 0. The number of nitrogens with zero attached hydrogens (tertiary/aromatic N) is 3. The van der Waals surface area contributed by atoms with Crippen molar-refractivity contribution in [2.24, 2.45) is 5.10 Å². The number of nitro benzene ring substituents is 1. The van der Waals surface area contributed by atoms with Gasteiger partial charge in [-0.1, -0.05) is 30.3 Å². The van der Waals surface area contributed by atoms with Crippen molar-refractivity contribution in [3.05, 3.63) is 101 Å². The van der Waals surface area contributed by atoms with Gasteiger partial charge < -0.3 is 4.57 Å². The number of aromatic nitrogens is 1.